The Bertz CT molecular complexity index is 663. The van der Waals surface area contributed by atoms with Crippen molar-refractivity contribution in [2.45, 2.75) is 51.2 Å². The molecule has 0 atom stereocenters. The second kappa shape index (κ2) is 6.95. The van der Waals surface area contributed by atoms with Crippen molar-refractivity contribution in [2.24, 2.45) is 0 Å². The molecule has 25 heavy (non-hydrogen) atoms. The first-order valence-electron chi connectivity index (χ1n) is 8.12. The fourth-order valence-corrected chi connectivity index (χ4v) is 2.84. The number of nitrogens with zero attached hydrogens (tertiary/aromatic N) is 2. The minimum Gasteiger partial charge on any atom is -0.460 e. The fourth-order valence-electron chi connectivity index (χ4n) is 2.84. The minimum atomic E-state index is -1.15. The number of benzene rings is 1. The molecule has 1 heterocycles. The number of piperidine rings is 1. The first-order valence-corrected chi connectivity index (χ1v) is 8.12. The summed E-state index contributed by atoms with van der Waals surface area (Å²) in [6, 6.07) is 3.74. The molecule has 1 aromatic carbocycles. The number of nitro groups is 1. The number of rotatable bonds is 4. The molecule has 2 rings (SSSR count). The molecule has 0 bridgehead atoms. The van der Waals surface area contributed by atoms with E-state index >= 15 is 0 Å². The van der Waals surface area contributed by atoms with E-state index in [0.29, 0.717) is 31.6 Å². The Balaban J connectivity index is 1.98. The molecule has 1 N–H and O–H groups in total. The van der Waals surface area contributed by atoms with Crippen LogP contribution in [0.4, 0.5) is 15.8 Å². The second-order valence-corrected chi connectivity index (χ2v) is 7.37. The maximum Gasteiger partial charge on any atom is 0.309 e. The number of aliphatic hydroxyl groups is 1. The van der Waals surface area contributed by atoms with Crippen LogP contribution < -0.4 is 4.90 Å². The van der Waals surface area contributed by atoms with Crippen molar-refractivity contribution in [2.75, 3.05) is 18.0 Å². The van der Waals surface area contributed by atoms with E-state index in [1.165, 1.54) is 6.07 Å². The van der Waals surface area contributed by atoms with E-state index in [1.54, 1.807) is 20.8 Å². The summed E-state index contributed by atoms with van der Waals surface area (Å²) in [6.07, 6.45) is 0.558. The predicted octanol–water partition coefficient (Wildman–Crippen LogP) is 2.80. The van der Waals surface area contributed by atoms with Gasteiger partial charge < -0.3 is 14.7 Å². The van der Waals surface area contributed by atoms with Crippen molar-refractivity contribution in [3.05, 3.63) is 34.1 Å². The van der Waals surface area contributed by atoms with Crippen LogP contribution in [-0.2, 0) is 9.53 Å². The molecule has 8 heteroatoms. The second-order valence-electron chi connectivity index (χ2n) is 7.37. The van der Waals surface area contributed by atoms with Crippen molar-refractivity contribution in [1.82, 2.24) is 0 Å². The SMILES string of the molecule is CC(C)(C)OC(=O)CC1(O)CCN(c2ccc([N+](=O)[O-])c(F)c2)CC1. The van der Waals surface area contributed by atoms with Crippen molar-refractivity contribution >= 4 is 17.3 Å². The van der Waals surface area contributed by atoms with E-state index in [1.807, 2.05) is 4.90 Å². The number of nitro benzene ring substituents is 1. The van der Waals surface area contributed by atoms with Gasteiger partial charge in [-0.05, 0) is 39.7 Å². The average Bonchev–Trinajstić information content (AvgIpc) is 2.44. The van der Waals surface area contributed by atoms with Gasteiger partial charge in [0.25, 0.3) is 0 Å². The number of anilines is 1. The van der Waals surface area contributed by atoms with Crippen LogP contribution in [0.1, 0.15) is 40.0 Å². The number of hydrogen-bond donors (Lipinski definition) is 1. The lowest BCUT2D eigenvalue weighted by Gasteiger charge is -2.39. The van der Waals surface area contributed by atoms with Crippen LogP contribution in [0.5, 0.6) is 0 Å². The van der Waals surface area contributed by atoms with Gasteiger partial charge in [0.05, 0.1) is 16.9 Å². The molecule has 0 saturated carbocycles. The summed E-state index contributed by atoms with van der Waals surface area (Å²) in [5.41, 5.74) is -1.81. The first-order chi connectivity index (χ1) is 11.5. The van der Waals surface area contributed by atoms with E-state index in [0.717, 1.165) is 12.1 Å². The Morgan fingerprint density at radius 1 is 1.40 bits per heavy atom. The van der Waals surface area contributed by atoms with Gasteiger partial charge in [0.2, 0.25) is 5.82 Å². The molecule has 0 radical (unpaired) electrons. The summed E-state index contributed by atoms with van der Waals surface area (Å²) >= 11 is 0. The lowest BCUT2D eigenvalue weighted by Crippen LogP contribution is -2.46. The van der Waals surface area contributed by atoms with Crippen molar-refractivity contribution < 1.29 is 24.0 Å². The molecular formula is C17H23FN2O5. The smallest absolute Gasteiger partial charge is 0.309 e. The van der Waals surface area contributed by atoms with Crippen molar-refractivity contribution in [1.29, 1.82) is 0 Å². The molecule has 0 amide bonds. The first kappa shape index (κ1) is 19.1. The Kier molecular flexibility index (Phi) is 5.31. The summed E-state index contributed by atoms with van der Waals surface area (Å²) in [6.45, 7) is 6.12. The topological polar surface area (TPSA) is 92.9 Å². The van der Waals surface area contributed by atoms with Gasteiger partial charge in [-0.2, -0.15) is 4.39 Å². The van der Waals surface area contributed by atoms with Crippen LogP contribution in [0.25, 0.3) is 0 Å². The molecule has 7 nitrogen and oxygen atoms in total. The van der Waals surface area contributed by atoms with Gasteiger partial charge in [-0.15, -0.1) is 0 Å². The fraction of sp³-hybridized carbons (Fsp3) is 0.588. The van der Waals surface area contributed by atoms with Crippen LogP contribution >= 0.6 is 0 Å². The van der Waals surface area contributed by atoms with Crippen LogP contribution in [0.15, 0.2) is 18.2 Å². The zero-order valence-corrected chi connectivity index (χ0v) is 14.6. The molecule has 0 aliphatic carbocycles. The molecule has 1 fully saturated rings. The van der Waals surface area contributed by atoms with E-state index in [2.05, 4.69) is 0 Å². The maximum atomic E-state index is 13.8. The predicted molar refractivity (Wildman–Crippen MR) is 89.9 cm³/mol. The highest BCUT2D eigenvalue weighted by molar-refractivity contribution is 5.71. The number of carbonyl (C=O) groups is 1. The number of hydrogen-bond acceptors (Lipinski definition) is 6. The van der Waals surface area contributed by atoms with Crippen molar-refractivity contribution in [3.63, 3.8) is 0 Å². The Morgan fingerprint density at radius 3 is 2.48 bits per heavy atom. The van der Waals surface area contributed by atoms with Gasteiger partial charge in [-0.25, -0.2) is 0 Å². The molecule has 0 unspecified atom stereocenters. The zero-order chi connectivity index (χ0) is 18.8. The van der Waals surface area contributed by atoms with Crippen LogP contribution in [-0.4, -0.2) is 40.3 Å². The van der Waals surface area contributed by atoms with Gasteiger partial charge in [0.15, 0.2) is 0 Å². The standard InChI is InChI=1S/C17H23FN2O5/c1-16(2,3)25-15(21)11-17(22)6-8-19(9-7-17)12-4-5-14(20(23)24)13(18)10-12/h4-5,10,22H,6-9,11H2,1-3H3. The zero-order valence-electron chi connectivity index (χ0n) is 14.6. The van der Waals surface area contributed by atoms with Crippen LogP contribution in [0.2, 0.25) is 0 Å². The Morgan fingerprint density at radius 2 is 2.00 bits per heavy atom. The van der Waals surface area contributed by atoms with Gasteiger partial charge in [-0.3, -0.25) is 14.9 Å². The summed E-state index contributed by atoms with van der Waals surface area (Å²) < 4.78 is 19.0. The molecule has 1 aliphatic rings. The quantitative estimate of drug-likeness (QED) is 0.508. The third kappa shape index (κ3) is 5.12. The van der Waals surface area contributed by atoms with Gasteiger partial charge in [0.1, 0.15) is 5.60 Å². The van der Waals surface area contributed by atoms with Gasteiger partial charge >= 0.3 is 11.7 Å². The molecular weight excluding hydrogens is 331 g/mol. The molecule has 1 aromatic rings. The Hall–Kier alpha value is -2.22. The molecule has 138 valence electrons. The number of carbonyl (C=O) groups excluding carboxylic acids is 1. The maximum absolute atomic E-state index is 13.8. The van der Waals surface area contributed by atoms with Gasteiger partial charge in [0, 0.05) is 30.9 Å². The highest BCUT2D eigenvalue weighted by atomic mass is 19.1. The van der Waals surface area contributed by atoms with Crippen molar-refractivity contribution in [3.8, 4) is 0 Å². The summed E-state index contributed by atoms with van der Waals surface area (Å²) in [5.74, 6) is -1.35. The lowest BCUT2D eigenvalue weighted by atomic mass is 9.88. The summed E-state index contributed by atoms with van der Waals surface area (Å²) in [7, 11) is 0. The number of esters is 1. The summed E-state index contributed by atoms with van der Waals surface area (Å²) in [5, 5.41) is 21.3. The van der Waals surface area contributed by atoms with E-state index in [4.69, 9.17) is 4.74 Å². The van der Waals surface area contributed by atoms with Gasteiger partial charge in [-0.1, -0.05) is 0 Å². The largest absolute Gasteiger partial charge is 0.460 e. The third-order valence-electron chi connectivity index (χ3n) is 4.08. The monoisotopic (exact) mass is 354 g/mol. The molecule has 1 saturated heterocycles. The van der Waals surface area contributed by atoms with E-state index in [-0.39, 0.29) is 6.42 Å². The highest BCUT2D eigenvalue weighted by Crippen LogP contribution is 2.31. The molecule has 0 spiro atoms. The normalized spacial score (nSPS) is 17.2. The van der Waals surface area contributed by atoms with E-state index in [9.17, 15) is 24.4 Å². The third-order valence-corrected chi connectivity index (χ3v) is 4.08. The molecule has 1 aliphatic heterocycles. The lowest BCUT2D eigenvalue weighted by molar-refractivity contribution is -0.387. The van der Waals surface area contributed by atoms with E-state index < -0.39 is 33.6 Å². The summed E-state index contributed by atoms with van der Waals surface area (Å²) in [4.78, 5) is 23.7. The minimum absolute atomic E-state index is 0.0905. The van der Waals surface area contributed by atoms with Crippen LogP contribution in [0.3, 0.4) is 0 Å². The number of ether oxygens (including phenoxy) is 1. The van der Waals surface area contributed by atoms with Crippen LogP contribution in [0, 0.1) is 15.9 Å². The Labute approximate surface area is 145 Å². The average molecular weight is 354 g/mol. The molecule has 0 aromatic heterocycles. The number of halogens is 1. The highest BCUT2D eigenvalue weighted by Gasteiger charge is 2.36.